The number of nitrogens with zero attached hydrogens (tertiary/aromatic N) is 2. The van der Waals surface area contributed by atoms with Crippen molar-refractivity contribution in [1.82, 2.24) is 20.6 Å². The standard InChI is InChI=1S/C23H24N4O6/c1-15(28)16-10-11-19(20(13-16)32-2)33-12-6-9-21(30)24-25-23(31)22-18(29)14-27(26-22)17-7-4-3-5-8-17/h3-5,7-8,10-11,13-14,29H,6,9,12H2,1-2H3,(H,24,30)(H,25,31). The normalized spacial score (nSPS) is 10.4. The molecular formula is C23H24N4O6. The van der Waals surface area contributed by atoms with Crippen LogP contribution in [0.3, 0.4) is 0 Å². The maximum absolute atomic E-state index is 12.3. The summed E-state index contributed by atoms with van der Waals surface area (Å²) in [4.78, 5) is 35.7. The van der Waals surface area contributed by atoms with Gasteiger partial charge in [-0.2, -0.15) is 5.10 Å². The lowest BCUT2D eigenvalue weighted by Gasteiger charge is -2.11. The zero-order valence-electron chi connectivity index (χ0n) is 18.2. The molecule has 1 heterocycles. The van der Waals surface area contributed by atoms with Crippen LogP contribution in [0.4, 0.5) is 0 Å². The molecule has 10 nitrogen and oxygen atoms in total. The van der Waals surface area contributed by atoms with Crippen molar-refractivity contribution < 1.29 is 29.0 Å². The van der Waals surface area contributed by atoms with Crippen LogP contribution >= 0.6 is 0 Å². The predicted octanol–water partition coefficient (Wildman–Crippen LogP) is 2.41. The number of methoxy groups -OCH3 is 1. The van der Waals surface area contributed by atoms with Gasteiger partial charge in [0.05, 0.1) is 25.6 Å². The highest BCUT2D eigenvalue weighted by Gasteiger charge is 2.17. The van der Waals surface area contributed by atoms with E-state index in [9.17, 15) is 19.5 Å². The van der Waals surface area contributed by atoms with Crippen LogP contribution in [-0.4, -0.2) is 46.2 Å². The summed E-state index contributed by atoms with van der Waals surface area (Å²) in [6, 6.07) is 13.8. The van der Waals surface area contributed by atoms with Gasteiger partial charge in [0.2, 0.25) is 5.91 Å². The number of para-hydroxylation sites is 1. The van der Waals surface area contributed by atoms with Crippen LogP contribution in [0.1, 0.15) is 40.6 Å². The summed E-state index contributed by atoms with van der Waals surface area (Å²) in [6.45, 7) is 1.68. The second-order valence-corrected chi connectivity index (χ2v) is 7.02. The van der Waals surface area contributed by atoms with Crippen molar-refractivity contribution >= 4 is 17.6 Å². The van der Waals surface area contributed by atoms with Crippen LogP contribution < -0.4 is 20.3 Å². The van der Waals surface area contributed by atoms with Crippen molar-refractivity contribution in [3.8, 4) is 22.9 Å². The minimum atomic E-state index is -0.748. The number of ether oxygens (including phenoxy) is 2. The topological polar surface area (TPSA) is 132 Å². The maximum Gasteiger partial charge on any atom is 0.294 e. The van der Waals surface area contributed by atoms with Gasteiger partial charge in [-0.05, 0) is 43.7 Å². The molecule has 0 aliphatic rings. The van der Waals surface area contributed by atoms with Crippen LogP contribution in [0, 0.1) is 0 Å². The SMILES string of the molecule is COc1cc(C(C)=O)ccc1OCCCC(=O)NNC(=O)c1nn(-c2ccccc2)cc1O. The molecule has 0 bridgehead atoms. The zero-order chi connectivity index (χ0) is 23.8. The van der Waals surface area contributed by atoms with E-state index in [1.54, 1.807) is 42.5 Å². The first-order chi connectivity index (χ1) is 15.9. The fourth-order valence-electron chi connectivity index (χ4n) is 2.91. The van der Waals surface area contributed by atoms with E-state index in [1.807, 2.05) is 6.07 Å². The summed E-state index contributed by atoms with van der Waals surface area (Å²) in [5.74, 6) is -0.702. The molecule has 172 valence electrons. The highest BCUT2D eigenvalue weighted by molar-refractivity contribution is 5.96. The lowest BCUT2D eigenvalue weighted by atomic mass is 10.1. The Morgan fingerprint density at radius 1 is 1.06 bits per heavy atom. The monoisotopic (exact) mass is 452 g/mol. The van der Waals surface area contributed by atoms with Gasteiger partial charge in [-0.15, -0.1) is 0 Å². The molecule has 3 rings (SSSR count). The second kappa shape index (κ2) is 10.8. The molecule has 0 fully saturated rings. The summed E-state index contributed by atoms with van der Waals surface area (Å²) < 4.78 is 12.2. The molecule has 3 N–H and O–H groups in total. The Balaban J connectivity index is 1.44. The van der Waals surface area contributed by atoms with Crippen LogP contribution in [-0.2, 0) is 4.79 Å². The van der Waals surface area contributed by atoms with E-state index in [-0.39, 0.29) is 30.3 Å². The molecule has 33 heavy (non-hydrogen) atoms. The first-order valence-electron chi connectivity index (χ1n) is 10.1. The lowest BCUT2D eigenvalue weighted by Crippen LogP contribution is -2.41. The molecule has 0 unspecified atom stereocenters. The molecular weight excluding hydrogens is 428 g/mol. The third-order valence-corrected chi connectivity index (χ3v) is 4.62. The van der Waals surface area contributed by atoms with E-state index < -0.39 is 11.8 Å². The van der Waals surface area contributed by atoms with E-state index in [1.165, 1.54) is 24.9 Å². The summed E-state index contributed by atoms with van der Waals surface area (Å²) in [7, 11) is 1.48. The highest BCUT2D eigenvalue weighted by atomic mass is 16.5. The van der Waals surface area contributed by atoms with E-state index in [0.717, 1.165) is 0 Å². The Hall–Kier alpha value is -4.34. The number of hydrogen-bond donors (Lipinski definition) is 3. The van der Waals surface area contributed by atoms with Crippen molar-refractivity contribution in [2.75, 3.05) is 13.7 Å². The molecule has 0 aliphatic carbocycles. The van der Waals surface area contributed by atoms with E-state index in [2.05, 4.69) is 16.0 Å². The second-order valence-electron chi connectivity index (χ2n) is 7.02. The molecule has 2 amide bonds. The van der Waals surface area contributed by atoms with Gasteiger partial charge in [0.1, 0.15) is 0 Å². The Morgan fingerprint density at radius 2 is 1.82 bits per heavy atom. The van der Waals surface area contributed by atoms with Gasteiger partial charge < -0.3 is 14.6 Å². The molecule has 0 spiro atoms. The smallest absolute Gasteiger partial charge is 0.294 e. The number of nitrogens with one attached hydrogen (secondary N) is 2. The maximum atomic E-state index is 12.3. The number of aromatic nitrogens is 2. The largest absolute Gasteiger partial charge is 0.504 e. The van der Waals surface area contributed by atoms with Gasteiger partial charge in [0.15, 0.2) is 28.7 Å². The Labute approximate surface area is 190 Å². The van der Waals surface area contributed by atoms with E-state index >= 15 is 0 Å². The average Bonchev–Trinajstić information content (AvgIpc) is 3.22. The number of hydrogen-bond acceptors (Lipinski definition) is 7. The van der Waals surface area contributed by atoms with Gasteiger partial charge >= 0.3 is 0 Å². The first-order valence-corrected chi connectivity index (χ1v) is 10.1. The molecule has 0 atom stereocenters. The summed E-state index contributed by atoms with van der Waals surface area (Å²) >= 11 is 0. The fraction of sp³-hybridized carbons (Fsp3) is 0.217. The number of rotatable bonds is 9. The molecule has 10 heteroatoms. The lowest BCUT2D eigenvalue weighted by molar-refractivity contribution is -0.122. The number of carbonyl (C=O) groups is 3. The predicted molar refractivity (Wildman–Crippen MR) is 119 cm³/mol. The van der Waals surface area contributed by atoms with Crippen molar-refractivity contribution in [1.29, 1.82) is 0 Å². The van der Waals surface area contributed by atoms with Crippen molar-refractivity contribution in [3.63, 3.8) is 0 Å². The molecule has 3 aromatic rings. The third kappa shape index (κ3) is 6.10. The van der Waals surface area contributed by atoms with Crippen molar-refractivity contribution in [3.05, 3.63) is 66.0 Å². The number of Topliss-reactive ketones (excluding diaryl/α,β-unsaturated/α-hetero) is 1. The number of carbonyl (C=O) groups excluding carboxylic acids is 3. The first kappa shape index (κ1) is 23.3. The highest BCUT2D eigenvalue weighted by Crippen LogP contribution is 2.28. The van der Waals surface area contributed by atoms with Crippen molar-refractivity contribution in [2.45, 2.75) is 19.8 Å². The van der Waals surface area contributed by atoms with Gasteiger partial charge in [0.25, 0.3) is 5.91 Å². The van der Waals surface area contributed by atoms with E-state index in [0.29, 0.717) is 29.2 Å². The minimum absolute atomic E-state index is 0.0819. The van der Waals surface area contributed by atoms with Crippen LogP contribution in [0.5, 0.6) is 17.2 Å². The number of benzene rings is 2. The van der Waals surface area contributed by atoms with Gasteiger partial charge in [-0.25, -0.2) is 4.68 Å². The average molecular weight is 452 g/mol. The van der Waals surface area contributed by atoms with Gasteiger partial charge in [-0.1, -0.05) is 18.2 Å². The molecule has 0 saturated heterocycles. The Bertz CT molecular complexity index is 1140. The zero-order valence-corrected chi connectivity index (χ0v) is 18.2. The van der Waals surface area contributed by atoms with E-state index in [4.69, 9.17) is 9.47 Å². The molecule has 0 saturated carbocycles. The molecule has 1 aromatic heterocycles. The fourth-order valence-corrected chi connectivity index (χ4v) is 2.91. The van der Waals surface area contributed by atoms with Crippen molar-refractivity contribution in [2.24, 2.45) is 0 Å². The third-order valence-electron chi connectivity index (χ3n) is 4.62. The minimum Gasteiger partial charge on any atom is -0.504 e. The number of hydrazine groups is 1. The quantitative estimate of drug-likeness (QED) is 0.258. The van der Waals surface area contributed by atoms with Gasteiger partial charge in [-0.3, -0.25) is 25.2 Å². The molecule has 0 aliphatic heterocycles. The number of ketones is 1. The summed E-state index contributed by atoms with van der Waals surface area (Å²) in [5.41, 5.74) is 5.47. The Morgan fingerprint density at radius 3 is 2.52 bits per heavy atom. The summed E-state index contributed by atoms with van der Waals surface area (Å²) in [5, 5.41) is 14.0. The Kier molecular flexibility index (Phi) is 7.64. The summed E-state index contributed by atoms with van der Waals surface area (Å²) in [6.07, 6.45) is 1.76. The van der Waals surface area contributed by atoms with Crippen LogP contribution in [0.15, 0.2) is 54.7 Å². The molecule has 0 radical (unpaired) electrons. The number of amides is 2. The molecule has 2 aromatic carbocycles. The van der Waals surface area contributed by atoms with Gasteiger partial charge in [0, 0.05) is 12.0 Å². The number of aromatic hydroxyl groups is 1. The van der Waals surface area contributed by atoms with Crippen LogP contribution in [0.25, 0.3) is 5.69 Å². The van der Waals surface area contributed by atoms with Crippen LogP contribution in [0.2, 0.25) is 0 Å².